The maximum Gasteiger partial charge on any atom is 0.259 e. The van der Waals surface area contributed by atoms with Crippen molar-refractivity contribution in [2.24, 2.45) is 0 Å². The molecule has 17 heavy (non-hydrogen) atoms. The summed E-state index contributed by atoms with van der Waals surface area (Å²) in [4.78, 5) is 28.9. The predicted molar refractivity (Wildman–Crippen MR) is 67.2 cm³/mol. The molecule has 0 radical (unpaired) electrons. The average Bonchev–Trinajstić information content (AvgIpc) is 2.81. The van der Waals surface area contributed by atoms with Gasteiger partial charge in [-0.05, 0) is 11.4 Å². The van der Waals surface area contributed by atoms with Gasteiger partial charge in [0.2, 0.25) is 0 Å². The third kappa shape index (κ3) is 2.62. The van der Waals surface area contributed by atoms with Gasteiger partial charge < -0.3 is 9.88 Å². The zero-order valence-electron chi connectivity index (χ0n) is 9.34. The van der Waals surface area contributed by atoms with Crippen molar-refractivity contribution in [1.29, 1.82) is 0 Å². The zero-order valence-corrected chi connectivity index (χ0v) is 10.2. The van der Waals surface area contributed by atoms with E-state index >= 15 is 0 Å². The lowest BCUT2D eigenvalue weighted by Gasteiger charge is -2.15. The molecule has 2 rings (SSSR count). The summed E-state index contributed by atoms with van der Waals surface area (Å²) in [6.45, 7) is 0.519. The van der Waals surface area contributed by atoms with Crippen molar-refractivity contribution in [3.05, 3.63) is 56.6 Å². The maximum atomic E-state index is 12.0. The summed E-state index contributed by atoms with van der Waals surface area (Å²) in [7, 11) is 1.69. The van der Waals surface area contributed by atoms with E-state index in [0.717, 1.165) is 4.88 Å². The van der Waals surface area contributed by atoms with Gasteiger partial charge >= 0.3 is 0 Å². The third-order valence-electron chi connectivity index (χ3n) is 2.37. The van der Waals surface area contributed by atoms with Gasteiger partial charge in [0.15, 0.2) is 5.43 Å². The number of rotatable bonds is 3. The minimum absolute atomic E-state index is 0.173. The summed E-state index contributed by atoms with van der Waals surface area (Å²) >= 11 is 1.59. The molecule has 0 aliphatic carbocycles. The highest BCUT2D eigenvalue weighted by Crippen LogP contribution is 2.11. The molecule has 0 aromatic carbocycles. The second-order valence-electron chi connectivity index (χ2n) is 3.66. The van der Waals surface area contributed by atoms with Crippen LogP contribution in [0.25, 0.3) is 0 Å². The molecular weight excluding hydrogens is 236 g/mol. The van der Waals surface area contributed by atoms with E-state index in [1.165, 1.54) is 23.4 Å². The molecule has 4 nitrogen and oxygen atoms in total. The number of hydrogen-bond acceptors (Lipinski definition) is 3. The number of carbonyl (C=O) groups excluding carboxylic acids is 1. The molecule has 1 amide bonds. The molecule has 5 heteroatoms. The van der Waals surface area contributed by atoms with Crippen molar-refractivity contribution in [2.75, 3.05) is 7.05 Å². The highest BCUT2D eigenvalue weighted by molar-refractivity contribution is 7.09. The van der Waals surface area contributed by atoms with Gasteiger partial charge in [-0.25, -0.2) is 0 Å². The van der Waals surface area contributed by atoms with Gasteiger partial charge in [0.25, 0.3) is 5.91 Å². The van der Waals surface area contributed by atoms with Crippen LogP contribution >= 0.6 is 11.3 Å². The van der Waals surface area contributed by atoms with Crippen molar-refractivity contribution in [3.63, 3.8) is 0 Å². The first-order chi connectivity index (χ1) is 8.18. The molecule has 0 saturated carbocycles. The monoisotopic (exact) mass is 248 g/mol. The summed E-state index contributed by atoms with van der Waals surface area (Å²) in [5.74, 6) is -0.264. The van der Waals surface area contributed by atoms with Crippen LogP contribution in [0.15, 0.2) is 40.8 Å². The number of carbonyl (C=O) groups is 1. The first kappa shape index (κ1) is 11.6. The van der Waals surface area contributed by atoms with Gasteiger partial charge in [-0.1, -0.05) is 6.07 Å². The van der Waals surface area contributed by atoms with Gasteiger partial charge in [0.1, 0.15) is 5.56 Å². The minimum Gasteiger partial charge on any atom is -0.367 e. The Labute approximate surface area is 103 Å². The summed E-state index contributed by atoms with van der Waals surface area (Å²) in [6, 6.07) is 5.25. The van der Waals surface area contributed by atoms with Crippen LogP contribution in [0.5, 0.6) is 0 Å². The highest BCUT2D eigenvalue weighted by Gasteiger charge is 2.15. The summed E-state index contributed by atoms with van der Waals surface area (Å²) in [6.07, 6.45) is 2.95. The molecule has 0 spiro atoms. The van der Waals surface area contributed by atoms with Crippen LogP contribution in [-0.4, -0.2) is 22.8 Å². The lowest BCUT2D eigenvalue weighted by atomic mass is 10.2. The van der Waals surface area contributed by atoms with Crippen molar-refractivity contribution in [1.82, 2.24) is 9.88 Å². The molecule has 2 heterocycles. The molecule has 0 aliphatic heterocycles. The van der Waals surface area contributed by atoms with Gasteiger partial charge in [0.05, 0.1) is 6.54 Å². The van der Waals surface area contributed by atoms with Crippen LogP contribution in [-0.2, 0) is 6.54 Å². The SMILES string of the molecule is CN(Cc1cccs1)C(=O)c1c[nH]ccc1=O. The van der Waals surface area contributed by atoms with Gasteiger partial charge in [-0.3, -0.25) is 9.59 Å². The Hall–Kier alpha value is -1.88. The van der Waals surface area contributed by atoms with E-state index in [4.69, 9.17) is 0 Å². The van der Waals surface area contributed by atoms with Crippen molar-refractivity contribution in [2.45, 2.75) is 6.54 Å². The zero-order chi connectivity index (χ0) is 12.3. The smallest absolute Gasteiger partial charge is 0.259 e. The second-order valence-corrected chi connectivity index (χ2v) is 4.70. The first-order valence-corrected chi connectivity index (χ1v) is 6.01. The Kier molecular flexibility index (Phi) is 3.39. The lowest BCUT2D eigenvalue weighted by molar-refractivity contribution is 0.0785. The van der Waals surface area contributed by atoms with Crippen molar-refractivity contribution in [3.8, 4) is 0 Å². The molecule has 2 aromatic rings. The van der Waals surface area contributed by atoms with Gasteiger partial charge in [0, 0.05) is 30.4 Å². The van der Waals surface area contributed by atoms with Crippen LogP contribution in [0.3, 0.4) is 0 Å². The Morgan fingerprint density at radius 3 is 2.94 bits per heavy atom. The van der Waals surface area contributed by atoms with Crippen molar-refractivity contribution >= 4 is 17.2 Å². The number of aromatic amines is 1. The van der Waals surface area contributed by atoms with E-state index in [2.05, 4.69) is 4.98 Å². The summed E-state index contributed by atoms with van der Waals surface area (Å²) < 4.78 is 0. The second kappa shape index (κ2) is 4.97. The number of hydrogen-bond donors (Lipinski definition) is 1. The van der Waals surface area contributed by atoms with Crippen LogP contribution in [0, 0.1) is 0 Å². The van der Waals surface area contributed by atoms with Gasteiger partial charge in [-0.15, -0.1) is 11.3 Å². The number of pyridine rings is 1. The first-order valence-electron chi connectivity index (χ1n) is 5.13. The fourth-order valence-corrected chi connectivity index (χ4v) is 2.25. The Morgan fingerprint density at radius 2 is 2.29 bits per heavy atom. The molecule has 0 unspecified atom stereocenters. The molecule has 1 N–H and O–H groups in total. The Morgan fingerprint density at radius 1 is 1.47 bits per heavy atom. The van der Waals surface area contributed by atoms with E-state index in [1.807, 2.05) is 17.5 Å². The minimum atomic E-state index is -0.264. The van der Waals surface area contributed by atoms with Crippen molar-refractivity contribution < 1.29 is 4.79 Å². The largest absolute Gasteiger partial charge is 0.367 e. The normalized spacial score (nSPS) is 10.2. The highest BCUT2D eigenvalue weighted by atomic mass is 32.1. The molecule has 0 bridgehead atoms. The van der Waals surface area contributed by atoms with Crippen LogP contribution in [0.2, 0.25) is 0 Å². The average molecular weight is 248 g/mol. The van der Waals surface area contributed by atoms with E-state index in [1.54, 1.807) is 18.4 Å². The van der Waals surface area contributed by atoms with Crippen LogP contribution in [0.1, 0.15) is 15.2 Å². The summed E-state index contributed by atoms with van der Waals surface area (Å²) in [5, 5.41) is 1.96. The van der Waals surface area contributed by atoms with Crippen LogP contribution < -0.4 is 5.43 Å². The summed E-state index contributed by atoms with van der Waals surface area (Å²) in [5.41, 5.74) is -0.0849. The molecule has 2 aromatic heterocycles. The standard InChI is InChI=1S/C12H12N2O2S/c1-14(8-9-3-2-6-17-9)12(16)10-7-13-5-4-11(10)15/h2-7H,8H2,1H3,(H,13,15). The fourth-order valence-electron chi connectivity index (χ4n) is 1.50. The molecule has 0 saturated heterocycles. The predicted octanol–water partition coefficient (Wildman–Crippen LogP) is 1.71. The van der Waals surface area contributed by atoms with E-state index in [-0.39, 0.29) is 16.9 Å². The molecule has 0 fully saturated rings. The third-order valence-corrected chi connectivity index (χ3v) is 3.24. The van der Waals surface area contributed by atoms with E-state index < -0.39 is 0 Å². The fraction of sp³-hybridized carbons (Fsp3) is 0.167. The van der Waals surface area contributed by atoms with E-state index in [9.17, 15) is 9.59 Å². The molecule has 0 atom stereocenters. The van der Waals surface area contributed by atoms with Gasteiger partial charge in [-0.2, -0.15) is 0 Å². The number of nitrogens with zero attached hydrogens (tertiary/aromatic N) is 1. The number of thiophene rings is 1. The number of amides is 1. The Bertz CT molecular complexity index is 560. The number of H-pyrrole nitrogens is 1. The Balaban J connectivity index is 2.15. The maximum absolute atomic E-state index is 12.0. The number of nitrogens with one attached hydrogen (secondary N) is 1. The van der Waals surface area contributed by atoms with E-state index in [0.29, 0.717) is 6.54 Å². The van der Waals surface area contributed by atoms with Crippen LogP contribution in [0.4, 0.5) is 0 Å². The molecule has 0 aliphatic rings. The molecule has 88 valence electrons. The quantitative estimate of drug-likeness (QED) is 0.899. The molecular formula is C12H12N2O2S. The number of aromatic nitrogens is 1. The topological polar surface area (TPSA) is 53.2 Å². The lowest BCUT2D eigenvalue weighted by Crippen LogP contribution is -2.30.